The van der Waals surface area contributed by atoms with Crippen molar-refractivity contribution >= 4 is 33.5 Å². The van der Waals surface area contributed by atoms with Crippen LogP contribution in [0.5, 0.6) is 0 Å². The van der Waals surface area contributed by atoms with E-state index in [1.807, 2.05) is 60.0 Å². The van der Waals surface area contributed by atoms with Gasteiger partial charge in [-0.05, 0) is 46.2 Å². The van der Waals surface area contributed by atoms with Crippen LogP contribution in [0.4, 0.5) is 0 Å². The van der Waals surface area contributed by atoms with Crippen LogP contribution in [0.25, 0.3) is 21.8 Å². The number of aryl methyl sites for hydroxylation is 1. The summed E-state index contributed by atoms with van der Waals surface area (Å²) in [6.45, 7) is 2.90. The molecule has 0 amide bonds. The molecule has 180 valence electrons. The van der Waals surface area contributed by atoms with E-state index < -0.39 is 0 Å². The third-order valence-electron chi connectivity index (χ3n) is 6.41. The van der Waals surface area contributed by atoms with Crippen LogP contribution in [-0.2, 0) is 19.5 Å². The largest absolute Gasteiger partial charge is 0.384 e. The second-order valence-corrected chi connectivity index (χ2v) is 8.87. The summed E-state index contributed by atoms with van der Waals surface area (Å²) in [6.07, 6.45) is 2.46. The normalized spacial score (nSPS) is 11.2. The van der Waals surface area contributed by atoms with Crippen molar-refractivity contribution in [2.24, 2.45) is 11.5 Å². The summed E-state index contributed by atoms with van der Waals surface area (Å²) < 4.78 is 3.66. The lowest BCUT2D eigenvalue weighted by Crippen LogP contribution is -2.23. The van der Waals surface area contributed by atoms with Gasteiger partial charge in [0, 0.05) is 30.3 Å². The Morgan fingerprint density at radius 3 is 2.33 bits per heavy atom. The Labute approximate surface area is 207 Å². The number of rotatable bonds is 7. The first kappa shape index (κ1) is 23.0. The lowest BCUT2D eigenvalue weighted by atomic mass is 10.0. The van der Waals surface area contributed by atoms with Gasteiger partial charge in [0.1, 0.15) is 23.0 Å². The van der Waals surface area contributed by atoms with Gasteiger partial charge >= 0.3 is 0 Å². The number of nitrogen functional groups attached to an aromatic ring is 2. The van der Waals surface area contributed by atoms with Crippen LogP contribution in [0, 0.1) is 10.8 Å². The van der Waals surface area contributed by atoms with Crippen LogP contribution in [0.1, 0.15) is 35.0 Å². The number of nitrogens with zero attached hydrogens (tertiary/aromatic N) is 3. The van der Waals surface area contributed by atoms with Crippen molar-refractivity contribution in [3.63, 3.8) is 0 Å². The molecule has 3 aromatic carbocycles. The van der Waals surface area contributed by atoms with Gasteiger partial charge in [0.15, 0.2) is 0 Å². The Kier molecular flexibility index (Phi) is 5.85. The number of hydrogen-bond donors (Lipinski definition) is 4. The molecule has 0 aliphatic heterocycles. The summed E-state index contributed by atoms with van der Waals surface area (Å²) in [5, 5.41) is 17.5. The third-order valence-corrected chi connectivity index (χ3v) is 6.41. The average Bonchev–Trinajstić information content (AvgIpc) is 3.23. The van der Waals surface area contributed by atoms with Crippen LogP contribution in [0.3, 0.4) is 0 Å². The highest BCUT2D eigenvalue weighted by atomic mass is 16.1. The van der Waals surface area contributed by atoms with Gasteiger partial charge in [0.2, 0.25) is 0 Å². The number of nitrogens with two attached hydrogens (primary N) is 2. The number of benzene rings is 3. The second-order valence-electron chi connectivity index (χ2n) is 8.87. The van der Waals surface area contributed by atoms with Crippen molar-refractivity contribution in [1.29, 1.82) is 10.8 Å². The Hall–Kier alpha value is -4.72. The van der Waals surface area contributed by atoms with Crippen molar-refractivity contribution in [3.05, 3.63) is 111 Å². The van der Waals surface area contributed by atoms with Gasteiger partial charge in [0.05, 0.1) is 12.1 Å². The summed E-state index contributed by atoms with van der Waals surface area (Å²) >= 11 is 0. The van der Waals surface area contributed by atoms with E-state index in [2.05, 4.69) is 12.1 Å². The van der Waals surface area contributed by atoms with E-state index in [0.717, 1.165) is 27.7 Å². The number of amidine groups is 2. The topological polar surface area (TPSA) is 140 Å². The summed E-state index contributed by atoms with van der Waals surface area (Å²) in [5.74, 6) is 0.873. The van der Waals surface area contributed by atoms with Crippen molar-refractivity contribution < 1.29 is 0 Å². The van der Waals surface area contributed by atoms with Crippen LogP contribution < -0.4 is 17.0 Å². The molecule has 6 N–H and O–H groups in total. The first-order chi connectivity index (χ1) is 17.3. The lowest BCUT2D eigenvalue weighted by molar-refractivity contribution is 0.729. The van der Waals surface area contributed by atoms with Gasteiger partial charge in [-0.3, -0.25) is 15.6 Å². The molecule has 0 fully saturated rings. The number of nitrogens with one attached hydrogen (secondary N) is 2. The number of aromatic nitrogens is 3. The first-order valence-electron chi connectivity index (χ1n) is 11.7. The fourth-order valence-corrected chi connectivity index (χ4v) is 4.57. The lowest BCUT2D eigenvalue weighted by Gasteiger charge is -2.11. The minimum absolute atomic E-state index is 0.00359. The van der Waals surface area contributed by atoms with Gasteiger partial charge in [-0.25, -0.2) is 4.98 Å². The predicted molar refractivity (Wildman–Crippen MR) is 144 cm³/mol. The Morgan fingerprint density at radius 1 is 0.861 bits per heavy atom. The van der Waals surface area contributed by atoms with Crippen LogP contribution >= 0.6 is 0 Å². The molecule has 2 aromatic heterocycles. The molecule has 0 saturated carbocycles. The smallest absolute Gasteiger partial charge is 0.277 e. The highest BCUT2D eigenvalue weighted by molar-refractivity contribution is 5.99. The summed E-state index contributed by atoms with van der Waals surface area (Å²) in [4.78, 5) is 18.4. The molecule has 5 aromatic rings. The summed E-state index contributed by atoms with van der Waals surface area (Å²) in [7, 11) is 0. The highest BCUT2D eigenvalue weighted by Crippen LogP contribution is 2.21. The molecular weight excluding hydrogens is 450 g/mol. The van der Waals surface area contributed by atoms with Gasteiger partial charge in [-0.1, -0.05) is 49.4 Å². The van der Waals surface area contributed by atoms with Gasteiger partial charge < -0.3 is 20.6 Å². The minimum Gasteiger partial charge on any atom is -0.384 e. The number of pyridine rings is 1. The van der Waals surface area contributed by atoms with Crippen LogP contribution in [0.2, 0.25) is 0 Å². The number of imidazole rings is 1. The van der Waals surface area contributed by atoms with Gasteiger partial charge in [-0.15, -0.1) is 0 Å². The molecule has 8 nitrogen and oxygen atoms in total. The zero-order chi connectivity index (χ0) is 25.4. The zero-order valence-corrected chi connectivity index (χ0v) is 20.0. The molecule has 0 spiro atoms. The maximum atomic E-state index is 13.6. The van der Waals surface area contributed by atoms with Crippen molar-refractivity contribution in [1.82, 2.24) is 14.1 Å². The van der Waals surface area contributed by atoms with Crippen molar-refractivity contribution in [3.8, 4) is 0 Å². The van der Waals surface area contributed by atoms with Gasteiger partial charge in [0.25, 0.3) is 5.56 Å². The van der Waals surface area contributed by atoms with E-state index in [1.165, 1.54) is 0 Å². The molecule has 0 aliphatic carbocycles. The van der Waals surface area contributed by atoms with Crippen molar-refractivity contribution in [2.75, 3.05) is 0 Å². The summed E-state index contributed by atoms with van der Waals surface area (Å²) in [5.41, 5.74) is 15.7. The Balaban J connectivity index is 1.56. The highest BCUT2D eigenvalue weighted by Gasteiger charge is 2.15. The molecule has 0 saturated heterocycles. The van der Waals surface area contributed by atoms with E-state index >= 15 is 0 Å². The van der Waals surface area contributed by atoms with E-state index in [-0.39, 0.29) is 17.2 Å². The molecule has 8 heteroatoms. The van der Waals surface area contributed by atoms with E-state index in [0.29, 0.717) is 41.7 Å². The molecule has 36 heavy (non-hydrogen) atoms. The third kappa shape index (κ3) is 4.24. The Morgan fingerprint density at radius 2 is 1.58 bits per heavy atom. The van der Waals surface area contributed by atoms with E-state index in [4.69, 9.17) is 27.3 Å². The fraction of sp³-hybridized carbons (Fsp3) is 0.143. The maximum Gasteiger partial charge on any atom is 0.277 e. The Bertz CT molecular complexity index is 1710. The molecule has 0 bridgehead atoms. The van der Waals surface area contributed by atoms with Crippen molar-refractivity contribution in [2.45, 2.75) is 26.4 Å². The number of hydrogen-bond acceptors (Lipinski definition) is 4. The SMILES string of the molecule is CCc1nc2ccn(Cc3cccc(C(=N)N)c3)c(=O)c2n1Cc1ccc2ccc(C(=N)N)cc2c1. The summed E-state index contributed by atoms with van der Waals surface area (Å²) in [6, 6.07) is 21.1. The van der Waals surface area contributed by atoms with Crippen LogP contribution in [0.15, 0.2) is 77.7 Å². The maximum absolute atomic E-state index is 13.6. The predicted octanol–water partition coefficient (Wildman–Crippen LogP) is 3.58. The quantitative estimate of drug-likeness (QED) is 0.210. The average molecular weight is 478 g/mol. The minimum atomic E-state index is -0.118. The van der Waals surface area contributed by atoms with Crippen LogP contribution in [-0.4, -0.2) is 25.8 Å². The second kappa shape index (κ2) is 9.14. The van der Waals surface area contributed by atoms with E-state index in [1.54, 1.807) is 16.8 Å². The molecule has 0 aliphatic rings. The first-order valence-corrected chi connectivity index (χ1v) is 11.7. The molecular formula is C28H27N7O. The van der Waals surface area contributed by atoms with Gasteiger partial charge in [-0.2, -0.15) is 0 Å². The monoisotopic (exact) mass is 477 g/mol. The fourth-order valence-electron chi connectivity index (χ4n) is 4.57. The standard InChI is InChI=1S/C28H27N7O/c1-2-24-33-23-10-11-34(15-17-4-3-5-20(12-17)26(29)30)28(36)25(23)35(24)16-18-6-7-19-8-9-21(27(31)32)14-22(19)13-18/h3-14H,2,15-16H2,1H3,(H3,29,30)(H3,31,32). The number of fused-ring (bicyclic) bond motifs is 2. The zero-order valence-electron chi connectivity index (χ0n) is 20.0. The molecule has 2 heterocycles. The molecule has 0 unspecified atom stereocenters. The molecule has 0 radical (unpaired) electrons. The molecule has 0 atom stereocenters. The van der Waals surface area contributed by atoms with E-state index in [9.17, 15) is 4.79 Å². The molecule has 5 rings (SSSR count).